The molecular weight excluding hydrogens is 402 g/mol. The highest BCUT2D eigenvalue weighted by atomic mass is 32.1. The first-order valence-corrected chi connectivity index (χ1v) is 10.4. The highest BCUT2D eigenvalue weighted by molar-refractivity contribution is 7.13. The summed E-state index contributed by atoms with van der Waals surface area (Å²) in [5.41, 5.74) is 1.89. The minimum atomic E-state index is -0.221. The van der Waals surface area contributed by atoms with Crippen molar-refractivity contribution in [3.63, 3.8) is 0 Å². The van der Waals surface area contributed by atoms with Gasteiger partial charge in [0.05, 0.1) is 37.1 Å². The number of benzene rings is 1. The molecule has 4 aromatic rings. The number of anilines is 1. The SMILES string of the molecule is COc1ccc(-n2c(=O)c(-c3cccs3)nc3cnc(N4CCOCC4)nc32)cc1. The van der Waals surface area contributed by atoms with E-state index in [2.05, 4.69) is 14.9 Å². The van der Waals surface area contributed by atoms with Gasteiger partial charge in [-0.1, -0.05) is 6.07 Å². The number of aromatic nitrogens is 4. The van der Waals surface area contributed by atoms with E-state index in [4.69, 9.17) is 14.5 Å². The standard InChI is InChI=1S/C21H19N5O3S/c1-28-15-6-4-14(5-7-15)26-19-16(23-18(20(26)27)17-3-2-12-30-17)13-22-21(24-19)25-8-10-29-11-9-25/h2-7,12-13H,8-11H2,1H3. The maximum absolute atomic E-state index is 13.5. The van der Waals surface area contributed by atoms with Crippen molar-refractivity contribution in [1.82, 2.24) is 19.5 Å². The highest BCUT2D eigenvalue weighted by Gasteiger charge is 2.19. The number of rotatable bonds is 4. The van der Waals surface area contributed by atoms with Crippen molar-refractivity contribution < 1.29 is 9.47 Å². The first-order valence-electron chi connectivity index (χ1n) is 9.55. The Bertz CT molecular complexity index is 1230. The molecule has 9 heteroatoms. The maximum atomic E-state index is 13.5. The molecule has 0 radical (unpaired) electrons. The van der Waals surface area contributed by atoms with Crippen LogP contribution in [0.4, 0.5) is 5.95 Å². The Morgan fingerprint density at radius 3 is 2.60 bits per heavy atom. The van der Waals surface area contributed by atoms with Crippen LogP contribution in [0.5, 0.6) is 5.75 Å². The van der Waals surface area contributed by atoms with E-state index in [9.17, 15) is 4.79 Å². The van der Waals surface area contributed by atoms with Gasteiger partial charge < -0.3 is 14.4 Å². The van der Waals surface area contributed by atoms with Crippen LogP contribution >= 0.6 is 11.3 Å². The first-order chi connectivity index (χ1) is 14.7. The molecule has 0 atom stereocenters. The van der Waals surface area contributed by atoms with Gasteiger partial charge in [0.15, 0.2) is 5.65 Å². The van der Waals surface area contributed by atoms with Crippen molar-refractivity contribution in [2.24, 2.45) is 0 Å². The van der Waals surface area contributed by atoms with Crippen molar-refractivity contribution in [1.29, 1.82) is 0 Å². The van der Waals surface area contributed by atoms with Gasteiger partial charge in [0.2, 0.25) is 5.95 Å². The van der Waals surface area contributed by atoms with E-state index in [0.29, 0.717) is 60.5 Å². The van der Waals surface area contributed by atoms with Gasteiger partial charge >= 0.3 is 0 Å². The Hall–Kier alpha value is -3.30. The molecule has 3 aromatic heterocycles. The quantitative estimate of drug-likeness (QED) is 0.501. The third-order valence-corrected chi connectivity index (χ3v) is 5.84. The molecule has 5 rings (SSSR count). The molecule has 0 spiro atoms. The summed E-state index contributed by atoms with van der Waals surface area (Å²) in [6, 6.07) is 11.1. The Morgan fingerprint density at radius 1 is 1.10 bits per heavy atom. The maximum Gasteiger partial charge on any atom is 0.284 e. The molecule has 0 aliphatic carbocycles. The molecule has 1 aliphatic heterocycles. The van der Waals surface area contributed by atoms with Crippen molar-refractivity contribution in [2.75, 3.05) is 38.3 Å². The summed E-state index contributed by atoms with van der Waals surface area (Å²) < 4.78 is 12.3. The molecule has 30 heavy (non-hydrogen) atoms. The zero-order valence-corrected chi connectivity index (χ0v) is 17.1. The zero-order valence-electron chi connectivity index (χ0n) is 16.3. The van der Waals surface area contributed by atoms with Crippen LogP contribution in [0.3, 0.4) is 0 Å². The second-order valence-corrected chi connectivity index (χ2v) is 7.70. The van der Waals surface area contributed by atoms with E-state index in [-0.39, 0.29) is 5.56 Å². The van der Waals surface area contributed by atoms with Gasteiger partial charge in [-0.15, -0.1) is 11.3 Å². The summed E-state index contributed by atoms with van der Waals surface area (Å²) >= 11 is 1.48. The molecule has 0 unspecified atom stereocenters. The fourth-order valence-electron chi connectivity index (χ4n) is 3.43. The van der Waals surface area contributed by atoms with E-state index in [0.717, 1.165) is 4.88 Å². The number of thiophene rings is 1. The fraction of sp³-hybridized carbons (Fsp3) is 0.238. The fourth-order valence-corrected chi connectivity index (χ4v) is 4.14. The van der Waals surface area contributed by atoms with Crippen LogP contribution in [0.1, 0.15) is 0 Å². The van der Waals surface area contributed by atoms with Gasteiger partial charge in [-0.2, -0.15) is 4.98 Å². The third-order valence-electron chi connectivity index (χ3n) is 4.97. The van der Waals surface area contributed by atoms with Crippen LogP contribution in [0.2, 0.25) is 0 Å². The smallest absolute Gasteiger partial charge is 0.284 e. The van der Waals surface area contributed by atoms with Gasteiger partial charge in [-0.3, -0.25) is 9.36 Å². The average Bonchev–Trinajstić information content (AvgIpc) is 3.34. The minimum absolute atomic E-state index is 0.221. The molecule has 0 amide bonds. The summed E-state index contributed by atoms with van der Waals surface area (Å²) in [7, 11) is 1.61. The summed E-state index contributed by atoms with van der Waals surface area (Å²) in [6.45, 7) is 2.67. The predicted molar refractivity (Wildman–Crippen MR) is 116 cm³/mol. The van der Waals surface area contributed by atoms with Gasteiger partial charge in [-0.25, -0.2) is 9.97 Å². The van der Waals surface area contributed by atoms with Gasteiger partial charge in [0, 0.05) is 13.1 Å². The van der Waals surface area contributed by atoms with Crippen molar-refractivity contribution in [3.05, 3.63) is 58.3 Å². The summed E-state index contributed by atoms with van der Waals surface area (Å²) in [4.78, 5) is 30.2. The Labute approximate surface area is 176 Å². The first kappa shape index (κ1) is 18.7. The molecule has 4 heterocycles. The van der Waals surface area contributed by atoms with Crippen molar-refractivity contribution in [2.45, 2.75) is 0 Å². The second kappa shape index (κ2) is 7.85. The summed E-state index contributed by atoms with van der Waals surface area (Å²) in [5.74, 6) is 1.28. The monoisotopic (exact) mass is 421 g/mol. The number of hydrogen-bond donors (Lipinski definition) is 0. The molecule has 8 nitrogen and oxygen atoms in total. The number of morpholine rings is 1. The minimum Gasteiger partial charge on any atom is -0.497 e. The molecule has 1 fully saturated rings. The van der Waals surface area contributed by atoms with Crippen LogP contribution < -0.4 is 15.2 Å². The predicted octanol–water partition coefficient (Wildman–Crippen LogP) is 2.75. The second-order valence-electron chi connectivity index (χ2n) is 6.75. The Morgan fingerprint density at radius 2 is 1.90 bits per heavy atom. The van der Waals surface area contributed by atoms with E-state index in [1.807, 2.05) is 41.8 Å². The van der Waals surface area contributed by atoms with E-state index in [1.54, 1.807) is 17.9 Å². The number of hydrogen-bond acceptors (Lipinski definition) is 8. The zero-order chi connectivity index (χ0) is 20.5. The van der Waals surface area contributed by atoms with E-state index in [1.165, 1.54) is 11.3 Å². The van der Waals surface area contributed by atoms with Crippen molar-refractivity contribution in [3.8, 4) is 22.0 Å². The molecule has 0 bridgehead atoms. The molecule has 1 saturated heterocycles. The van der Waals surface area contributed by atoms with Crippen LogP contribution in [-0.2, 0) is 4.74 Å². The number of methoxy groups -OCH3 is 1. The van der Waals surface area contributed by atoms with Crippen molar-refractivity contribution >= 4 is 28.4 Å². The molecule has 152 valence electrons. The summed E-state index contributed by atoms with van der Waals surface area (Å²) in [6.07, 6.45) is 1.68. The number of nitrogens with zero attached hydrogens (tertiary/aromatic N) is 5. The van der Waals surface area contributed by atoms with Crippen LogP contribution in [0.15, 0.2) is 52.8 Å². The van der Waals surface area contributed by atoms with E-state index >= 15 is 0 Å². The lowest BCUT2D eigenvalue weighted by Crippen LogP contribution is -2.37. The van der Waals surface area contributed by atoms with Crippen LogP contribution in [-0.4, -0.2) is 52.9 Å². The molecule has 1 aromatic carbocycles. The summed E-state index contributed by atoms with van der Waals surface area (Å²) in [5, 5.41) is 1.93. The highest BCUT2D eigenvalue weighted by Crippen LogP contribution is 2.24. The van der Waals surface area contributed by atoms with E-state index < -0.39 is 0 Å². The van der Waals surface area contributed by atoms with Gasteiger partial charge in [0.1, 0.15) is 17.0 Å². The topological polar surface area (TPSA) is 82.4 Å². The molecule has 1 aliphatic rings. The Balaban J connectivity index is 1.75. The molecule has 0 N–H and O–H groups in total. The van der Waals surface area contributed by atoms with Crippen LogP contribution in [0.25, 0.3) is 27.4 Å². The number of fused-ring (bicyclic) bond motifs is 1. The lowest BCUT2D eigenvalue weighted by atomic mass is 10.2. The Kier molecular flexibility index (Phi) is 4.89. The van der Waals surface area contributed by atoms with Gasteiger partial charge in [0.25, 0.3) is 5.56 Å². The third kappa shape index (κ3) is 3.31. The average molecular weight is 421 g/mol. The number of ether oxygens (including phenoxy) is 2. The largest absolute Gasteiger partial charge is 0.497 e. The van der Waals surface area contributed by atoms with Gasteiger partial charge in [-0.05, 0) is 35.7 Å². The lowest BCUT2D eigenvalue weighted by molar-refractivity contribution is 0.122. The lowest BCUT2D eigenvalue weighted by Gasteiger charge is -2.26. The molecular formula is C21H19N5O3S. The molecule has 0 saturated carbocycles. The van der Waals surface area contributed by atoms with Crippen LogP contribution in [0, 0.1) is 0 Å². The normalized spacial score (nSPS) is 14.2.